The maximum absolute atomic E-state index is 13.4. The van der Waals surface area contributed by atoms with E-state index in [4.69, 9.17) is 10.00 Å². The van der Waals surface area contributed by atoms with Crippen molar-refractivity contribution in [2.45, 2.75) is 0 Å². The molecule has 9 heteroatoms. The van der Waals surface area contributed by atoms with Crippen LogP contribution in [0.5, 0.6) is 5.75 Å². The summed E-state index contributed by atoms with van der Waals surface area (Å²) in [6.45, 7) is -1.27. The van der Waals surface area contributed by atoms with E-state index in [0.29, 0.717) is 17.4 Å². The molecule has 2 aromatic rings. The number of nitriles is 1. The molecular weight excluding hydrogens is 353 g/mol. The number of anilines is 1. The first kappa shape index (κ1) is 18.8. The molecule has 1 N–H and O–H groups in total. The van der Waals surface area contributed by atoms with Gasteiger partial charge in [0, 0.05) is 0 Å². The molecule has 26 heavy (non-hydrogen) atoms. The van der Waals surface area contributed by atoms with E-state index >= 15 is 0 Å². The largest absolute Gasteiger partial charge is 0.482 e. The van der Waals surface area contributed by atoms with E-state index in [0.717, 1.165) is 6.07 Å². The molecule has 0 spiro atoms. The number of esters is 1. The molecular formula is C17H11F3N2O4. The van der Waals surface area contributed by atoms with Crippen LogP contribution in [-0.4, -0.2) is 25.1 Å². The van der Waals surface area contributed by atoms with Crippen LogP contribution < -0.4 is 10.1 Å². The summed E-state index contributed by atoms with van der Waals surface area (Å²) in [5.41, 5.74) is -0.167. The molecule has 0 atom stereocenters. The lowest BCUT2D eigenvalue weighted by atomic mass is 10.2. The zero-order chi connectivity index (χ0) is 19.1. The van der Waals surface area contributed by atoms with Gasteiger partial charge in [-0.1, -0.05) is 0 Å². The molecule has 0 radical (unpaired) electrons. The Kier molecular flexibility index (Phi) is 6.16. The number of rotatable bonds is 6. The topological polar surface area (TPSA) is 88.4 Å². The number of benzene rings is 2. The number of hydrogen-bond acceptors (Lipinski definition) is 5. The second kappa shape index (κ2) is 8.53. The van der Waals surface area contributed by atoms with Gasteiger partial charge in [0.2, 0.25) is 0 Å². The fourth-order valence-corrected chi connectivity index (χ4v) is 1.76. The lowest BCUT2D eigenvalue weighted by molar-refractivity contribution is -0.149. The Hall–Kier alpha value is -3.54. The molecule has 0 bridgehead atoms. The highest BCUT2D eigenvalue weighted by Gasteiger charge is 2.16. The maximum Gasteiger partial charge on any atom is 0.344 e. The number of carbonyl (C=O) groups is 2. The Morgan fingerprint density at radius 1 is 1.00 bits per heavy atom. The summed E-state index contributed by atoms with van der Waals surface area (Å²) in [4.78, 5) is 23.1. The van der Waals surface area contributed by atoms with Gasteiger partial charge in [-0.15, -0.1) is 0 Å². The molecule has 0 fully saturated rings. The molecule has 2 aromatic carbocycles. The van der Waals surface area contributed by atoms with Crippen molar-refractivity contribution in [1.29, 1.82) is 5.26 Å². The van der Waals surface area contributed by atoms with Crippen molar-refractivity contribution in [3.8, 4) is 11.8 Å². The highest BCUT2D eigenvalue weighted by atomic mass is 19.2. The van der Waals surface area contributed by atoms with Crippen LogP contribution in [0.4, 0.5) is 18.9 Å². The van der Waals surface area contributed by atoms with Gasteiger partial charge in [0.1, 0.15) is 5.75 Å². The molecule has 0 aromatic heterocycles. The lowest BCUT2D eigenvalue weighted by Gasteiger charge is -2.09. The normalized spacial score (nSPS) is 9.92. The number of nitrogens with one attached hydrogen (secondary N) is 1. The van der Waals surface area contributed by atoms with Crippen LogP contribution in [0.2, 0.25) is 0 Å². The third-order valence-corrected chi connectivity index (χ3v) is 3.01. The first-order valence-corrected chi connectivity index (χ1v) is 7.12. The highest BCUT2D eigenvalue weighted by Crippen LogP contribution is 2.19. The van der Waals surface area contributed by atoms with Crippen molar-refractivity contribution in [2.24, 2.45) is 0 Å². The van der Waals surface area contributed by atoms with Gasteiger partial charge < -0.3 is 14.8 Å². The number of amides is 1. The number of ether oxygens (including phenoxy) is 2. The molecule has 0 heterocycles. The van der Waals surface area contributed by atoms with Crippen molar-refractivity contribution < 1.29 is 32.2 Å². The van der Waals surface area contributed by atoms with Crippen molar-refractivity contribution in [3.63, 3.8) is 0 Å². The van der Waals surface area contributed by atoms with Crippen molar-refractivity contribution in [3.05, 3.63) is 59.4 Å². The third-order valence-electron chi connectivity index (χ3n) is 3.01. The lowest BCUT2D eigenvalue weighted by Crippen LogP contribution is -2.24. The van der Waals surface area contributed by atoms with Crippen LogP contribution >= 0.6 is 0 Å². The van der Waals surface area contributed by atoms with Gasteiger partial charge in [-0.05, 0) is 36.4 Å². The van der Waals surface area contributed by atoms with Crippen molar-refractivity contribution in [2.75, 3.05) is 18.5 Å². The van der Waals surface area contributed by atoms with Crippen LogP contribution in [0.15, 0.2) is 36.4 Å². The van der Waals surface area contributed by atoms with Crippen LogP contribution in [0.1, 0.15) is 5.56 Å². The molecule has 0 saturated heterocycles. The van der Waals surface area contributed by atoms with Gasteiger partial charge in [0.25, 0.3) is 5.91 Å². The molecule has 134 valence electrons. The minimum atomic E-state index is -1.73. The molecule has 0 aliphatic rings. The minimum Gasteiger partial charge on any atom is -0.482 e. The average molecular weight is 364 g/mol. The van der Waals surface area contributed by atoms with Crippen LogP contribution in [0.3, 0.4) is 0 Å². The quantitative estimate of drug-likeness (QED) is 0.629. The summed E-state index contributed by atoms with van der Waals surface area (Å²) in [6, 6.07) is 9.33. The van der Waals surface area contributed by atoms with Crippen LogP contribution in [0.25, 0.3) is 0 Å². The van der Waals surface area contributed by atoms with Crippen molar-refractivity contribution in [1.82, 2.24) is 0 Å². The van der Waals surface area contributed by atoms with Gasteiger partial charge in [0.15, 0.2) is 30.7 Å². The number of hydrogen-bond donors (Lipinski definition) is 1. The Morgan fingerprint density at radius 3 is 2.35 bits per heavy atom. The predicted molar refractivity (Wildman–Crippen MR) is 82.6 cm³/mol. The van der Waals surface area contributed by atoms with E-state index in [1.165, 1.54) is 24.3 Å². The second-order valence-corrected chi connectivity index (χ2v) is 4.86. The summed E-state index contributed by atoms with van der Waals surface area (Å²) in [5, 5.41) is 10.6. The zero-order valence-corrected chi connectivity index (χ0v) is 13.1. The van der Waals surface area contributed by atoms with E-state index < -0.39 is 48.2 Å². The van der Waals surface area contributed by atoms with Gasteiger partial charge in [0.05, 0.1) is 17.3 Å². The third kappa shape index (κ3) is 4.98. The van der Waals surface area contributed by atoms with E-state index in [2.05, 4.69) is 4.74 Å². The van der Waals surface area contributed by atoms with Crippen molar-refractivity contribution >= 4 is 17.6 Å². The molecule has 2 rings (SSSR count). The molecule has 0 saturated carbocycles. The van der Waals surface area contributed by atoms with E-state index in [-0.39, 0.29) is 0 Å². The Balaban J connectivity index is 1.79. The van der Waals surface area contributed by atoms with Gasteiger partial charge >= 0.3 is 5.97 Å². The number of halogens is 3. The summed E-state index contributed by atoms with van der Waals surface area (Å²) in [6.07, 6.45) is 0. The predicted octanol–water partition coefficient (Wildman–Crippen LogP) is 2.54. The molecule has 0 aliphatic carbocycles. The smallest absolute Gasteiger partial charge is 0.344 e. The zero-order valence-electron chi connectivity index (χ0n) is 13.1. The maximum atomic E-state index is 13.4. The minimum absolute atomic E-state index is 0.314. The van der Waals surface area contributed by atoms with Crippen LogP contribution in [0, 0.1) is 28.8 Å². The van der Waals surface area contributed by atoms with E-state index in [1.807, 2.05) is 11.4 Å². The Labute approximate surface area is 145 Å². The Morgan fingerprint density at radius 2 is 1.69 bits per heavy atom. The standard InChI is InChI=1S/C17H11F3N2O4/c18-12-5-6-13(17(20)16(12)19)22-14(23)8-26-15(24)9-25-11-3-1-10(7-21)2-4-11/h1-6H,8-9H2,(H,22,23). The van der Waals surface area contributed by atoms with Gasteiger partial charge in [-0.2, -0.15) is 5.26 Å². The monoisotopic (exact) mass is 364 g/mol. The van der Waals surface area contributed by atoms with E-state index in [9.17, 15) is 22.8 Å². The summed E-state index contributed by atoms with van der Waals surface area (Å²) in [5.74, 6) is -6.19. The number of nitrogens with zero attached hydrogens (tertiary/aromatic N) is 1. The average Bonchev–Trinajstić information content (AvgIpc) is 2.65. The second-order valence-electron chi connectivity index (χ2n) is 4.86. The summed E-state index contributed by atoms with van der Waals surface area (Å²) < 4.78 is 49.0. The van der Waals surface area contributed by atoms with E-state index in [1.54, 1.807) is 0 Å². The fourth-order valence-electron chi connectivity index (χ4n) is 1.76. The molecule has 0 aliphatic heterocycles. The highest BCUT2D eigenvalue weighted by molar-refractivity contribution is 5.93. The van der Waals surface area contributed by atoms with Gasteiger partial charge in [-0.25, -0.2) is 18.0 Å². The van der Waals surface area contributed by atoms with Crippen LogP contribution in [-0.2, 0) is 14.3 Å². The summed E-state index contributed by atoms with van der Waals surface area (Å²) >= 11 is 0. The molecule has 0 unspecified atom stereocenters. The van der Waals surface area contributed by atoms with Gasteiger partial charge in [-0.3, -0.25) is 4.79 Å². The fraction of sp³-hybridized carbons (Fsp3) is 0.118. The number of carbonyl (C=O) groups excluding carboxylic acids is 2. The molecule has 6 nitrogen and oxygen atoms in total. The molecule has 1 amide bonds. The first-order chi connectivity index (χ1) is 12.4. The summed E-state index contributed by atoms with van der Waals surface area (Å²) in [7, 11) is 0. The SMILES string of the molecule is N#Cc1ccc(OCC(=O)OCC(=O)Nc2ccc(F)c(F)c2F)cc1. The first-order valence-electron chi connectivity index (χ1n) is 7.12. The Bertz CT molecular complexity index is 864.